The molecule has 0 aliphatic heterocycles. The second-order valence-electron chi connectivity index (χ2n) is 3.50. The Balaban J connectivity index is 2.33. The number of nitrogens with zero attached hydrogens (tertiary/aromatic N) is 1. The highest BCUT2D eigenvalue weighted by Crippen LogP contribution is 2.20. The Morgan fingerprint density at radius 1 is 1.53 bits per heavy atom. The Bertz CT molecular complexity index is 438. The Morgan fingerprint density at radius 2 is 2.40 bits per heavy atom. The summed E-state index contributed by atoms with van der Waals surface area (Å²) in [6.45, 7) is 0. The van der Waals surface area contributed by atoms with E-state index >= 15 is 0 Å². The van der Waals surface area contributed by atoms with Gasteiger partial charge in [-0.2, -0.15) is 0 Å². The third kappa shape index (κ3) is 2.13. The fourth-order valence-corrected chi connectivity index (χ4v) is 1.97. The van der Waals surface area contributed by atoms with Crippen molar-refractivity contribution < 1.29 is 0 Å². The molecule has 1 unspecified atom stereocenters. The molecule has 2 aromatic rings. The van der Waals surface area contributed by atoms with Crippen LogP contribution in [0.2, 0.25) is 0 Å². The van der Waals surface area contributed by atoms with Gasteiger partial charge >= 0.3 is 0 Å². The number of hydrogen-bond donors (Lipinski definition) is 2. The first-order valence-corrected chi connectivity index (χ1v) is 5.55. The minimum atomic E-state index is 0.315. The summed E-state index contributed by atoms with van der Waals surface area (Å²) in [5, 5.41) is 3.26. The van der Waals surface area contributed by atoms with Gasteiger partial charge in [0.25, 0.3) is 0 Å². The van der Waals surface area contributed by atoms with Crippen molar-refractivity contribution in [3.63, 3.8) is 0 Å². The van der Waals surface area contributed by atoms with Crippen LogP contribution in [0.4, 0.5) is 0 Å². The molecule has 4 heteroatoms. The van der Waals surface area contributed by atoms with Crippen molar-refractivity contribution in [2.24, 2.45) is 0 Å². The van der Waals surface area contributed by atoms with E-state index in [0.29, 0.717) is 11.9 Å². The Morgan fingerprint density at radius 3 is 3.13 bits per heavy atom. The third-order valence-electron chi connectivity index (χ3n) is 2.59. The number of fused-ring (bicyclic) bond motifs is 1. The van der Waals surface area contributed by atoms with Gasteiger partial charge in [0.15, 0.2) is 0 Å². The van der Waals surface area contributed by atoms with Crippen LogP contribution < -0.4 is 5.32 Å². The second kappa shape index (κ2) is 4.64. The maximum atomic E-state index is 5.76. The number of imidazole rings is 1. The summed E-state index contributed by atoms with van der Waals surface area (Å²) in [7, 11) is 1.95. The van der Waals surface area contributed by atoms with Gasteiger partial charge in [-0.1, -0.05) is 6.07 Å². The van der Waals surface area contributed by atoms with Crippen molar-refractivity contribution >= 4 is 22.6 Å². The van der Waals surface area contributed by atoms with E-state index in [1.165, 1.54) is 5.56 Å². The average Bonchev–Trinajstić information content (AvgIpc) is 2.72. The summed E-state index contributed by atoms with van der Waals surface area (Å²) < 4.78 is 0. The van der Waals surface area contributed by atoms with Gasteiger partial charge in [0.05, 0.1) is 17.4 Å². The van der Waals surface area contributed by atoms with Gasteiger partial charge < -0.3 is 10.3 Å². The van der Waals surface area contributed by atoms with Crippen LogP contribution in [0.15, 0.2) is 24.5 Å². The molecule has 0 saturated heterocycles. The summed E-state index contributed by atoms with van der Waals surface area (Å²) in [4.78, 5) is 7.30. The van der Waals surface area contributed by atoms with E-state index in [0.717, 1.165) is 17.5 Å². The van der Waals surface area contributed by atoms with Crippen LogP contribution in [0.3, 0.4) is 0 Å². The quantitative estimate of drug-likeness (QED) is 0.782. The van der Waals surface area contributed by atoms with Crippen molar-refractivity contribution in [3.8, 4) is 0 Å². The molecule has 0 bridgehead atoms. The van der Waals surface area contributed by atoms with Crippen LogP contribution >= 0.6 is 11.6 Å². The van der Waals surface area contributed by atoms with Gasteiger partial charge in [-0.05, 0) is 31.2 Å². The SMILES string of the molecule is CNC(CCCl)c1ccc2nc[nH]c2c1. The monoisotopic (exact) mass is 223 g/mol. The zero-order chi connectivity index (χ0) is 10.7. The summed E-state index contributed by atoms with van der Waals surface area (Å²) >= 11 is 5.76. The van der Waals surface area contributed by atoms with Crippen molar-refractivity contribution in [3.05, 3.63) is 30.1 Å². The topological polar surface area (TPSA) is 40.7 Å². The van der Waals surface area contributed by atoms with E-state index in [1.54, 1.807) is 6.33 Å². The number of nitrogens with one attached hydrogen (secondary N) is 2. The molecule has 2 N–H and O–H groups in total. The lowest BCUT2D eigenvalue weighted by Crippen LogP contribution is -2.16. The first-order chi connectivity index (χ1) is 7.35. The lowest BCUT2D eigenvalue weighted by Gasteiger charge is -2.14. The van der Waals surface area contributed by atoms with Gasteiger partial charge in [0, 0.05) is 11.9 Å². The summed E-state index contributed by atoms with van der Waals surface area (Å²) in [5.41, 5.74) is 3.32. The smallest absolute Gasteiger partial charge is 0.0931 e. The van der Waals surface area contributed by atoms with Crippen molar-refractivity contribution in [1.29, 1.82) is 0 Å². The van der Waals surface area contributed by atoms with E-state index in [1.807, 2.05) is 13.1 Å². The Kier molecular flexibility index (Phi) is 3.23. The number of aromatic amines is 1. The van der Waals surface area contributed by atoms with Crippen LogP contribution in [0.1, 0.15) is 18.0 Å². The summed E-state index contributed by atoms with van der Waals surface area (Å²) in [6.07, 6.45) is 2.64. The highest BCUT2D eigenvalue weighted by molar-refractivity contribution is 6.17. The lowest BCUT2D eigenvalue weighted by atomic mass is 10.0. The van der Waals surface area contributed by atoms with E-state index in [2.05, 4.69) is 27.4 Å². The molecule has 0 fully saturated rings. The molecular formula is C11H14ClN3. The number of aromatic nitrogens is 2. The predicted octanol–water partition coefficient (Wildman–Crippen LogP) is 2.45. The average molecular weight is 224 g/mol. The predicted molar refractivity (Wildman–Crippen MR) is 63.2 cm³/mol. The zero-order valence-corrected chi connectivity index (χ0v) is 9.38. The molecule has 1 aromatic heterocycles. The number of benzene rings is 1. The molecular weight excluding hydrogens is 210 g/mol. The van der Waals surface area contributed by atoms with Crippen LogP contribution in [0.5, 0.6) is 0 Å². The number of H-pyrrole nitrogens is 1. The van der Waals surface area contributed by atoms with E-state index in [4.69, 9.17) is 11.6 Å². The van der Waals surface area contributed by atoms with E-state index < -0.39 is 0 Å². The van der Waals surface area contributed by atoms with Gasteiger partial charge in [0.2, 0.25) is 0 Å². The molecule has 0 amide bonds. The van der Waals surface area contributed by atoms with Crippen LogP contribution in [0, 0.1) is 0 Å². The normalized spacial score (nSPS) is 13.2. The molecule has 0 saturated carbocycles. The lowest BCUT2D eigenvalue weighted by molar-refractivity contribution is 0.580. The molecule has 1 heterocycles. The minimum absolute atomic E-state index is 0.315. The maximum Gasteiger partial charge on any atom is 0.0931 e. The molecule has 15 heavy (non-hydrogen) atoms. The Hall–Kier alpha value is -1.06. The fourth-order valence-electron chi connectivity index (χ4n) is 1.76. The standard InChI is InChI=1S/C11H14ClN3/c1-13-9(4-5-12)8-2-3-10-11(6-8)15-7-14-10/h2-3,6-7,9,13H,4-5H2,1H3,(H,14,15). The minimum Gasteiger partial charge on any atom is -0.345 e. The molecule has 1 aromatic carbocycles. The summed E-state index contributed by atoms with van der Waals surface area (Å²) in [5.74, 6) is 0.659. The third-order valence-corrected chi connectivity index (χ3v) is 2.81. The Labute approximate surface area is 93.9 Å². The second-order valence-corrected chi connectivity index (χ2v) is 3.88. The molecule has 0 aliphatic carbocycles. The number of alkyl halides is 1. The van der Waals surface area contributed by atoms with Gasteiger partial charge in [-0.3, -0.25) is 0 Å². The van der Waals surface area contributed by atoms with Crippen molar-refractivity contribution in [2.45, 2.75) is 12.5 Å². The van der Waals surface area contributed by atoms with Crippen LogP contribution in [0.25, 0.3) is 11.0 Å². The van der Waals surface area contributed by atoms with Crippen molar-refractivity contribution in [1.82, 2.24) is 15.3 Å². The molecule has 3 nitrogen and oxygen atoms in total. The number of halogens is 1. The van der Waals surface area contributed by atoms with Gasteiger partial charge in [-0.25, -0.2) is 4.98 Å². The first-order valence-electron chi connectivity index (χ1n) is 5.01. The summed E-state index contributed by atoms with van der Waals surface area (Å²) in [6, 6.07) is 6.56. The van der Waals surface area contributed by atoms with Gasteiger partial charge in [0.1, 0.15) is 0 Å². The molecule has 0 spiro atoms. The first kappa shape index (κ1) is 10.5. The molecule has 1 atom stereocenters. The van der Waals surface area contributed by atoms with Crippen molar-refractivity contribution in [2.75, 3.05) is 12.9 Å². The highest BCUT2D eigenvalue weighted by Gasteiger charge is 2.09. The van der Waals surface area contributed by atoms with Crippen LogP contribution in [-0.4, -0.2) is 22.9 Å². The molecule has 0 radical (unpaired) electrons. The number of rotatable bonds is 4. The fraction of sp³-hybridized carbons (Fsp3) is 0.364. The van der Waals surface area contributed by atoms with E-state index in [-0.39, 0.29) is 0 Å². The number of hydrogen-bond acceptors (Lipinski definition) is 2. The molecule has 2 rings (SSSR count). The largest absolute Gasteiger partial charge is 0.345 e. The molecule has 80 valence electrons. The van der Waals surface area contributed by atoms with Gasteiger partial charge in [-0.15, -0.1) is 11.6 Å². The molecule has 0 aliphatic rings. The maximum absolute atomic E-state index is 5.76. The van der Waals surface area contributed by atoms with E-state index in [9.17, 15) is 0 Å². The zero-order valence-electron chi connectivity index (χ0n) is 8.63. The highest BCUT2D eigenvalue weighted by atomic mass is 35.5. The van der Waals surface area contributed by atoms with Crippen LogP contribution in [-0.2, 0) is 0 Å².